The van der Waals surface area contributed by atoms with Crippen LogP contribution in [-0.2, 0) is 0 Å². The summed E-state index contributed by atoms with van der Waals surface area (Å²) in [7, 11) is 0. The number of halogens is 3. The molecule has 0 aliphatic heterocycles. The maximum absolute atomic E-state index is 13.5. The van der Waals surface area contributed by atoms with Crippen LogP contribution in [0, 0.1) is 18.6 Å². The van der Waals surface area contributed by atoms with Crippen LogP contribution in [0.3, 0.4) is 0 Å². The smallest absolute Gasteiger partial charge is 0.131 e. The predicted molar refractivity (Wildman–Crippen MR) is 57.5 cm³/mol. The molecule has 0 saturated heterocycles. The Hall–Kier alpha value is -1.35. The number of hydrogen-bond acceptors (Lipinski definition) is 1. The molecule has 4 heteroatoms. The molecule has 2 rings (SSSR count). The lowest BCUT2D eigenvalue weighted by Gasteiger charge is -2.09. The summed E-state index contributed by atoms with van der Waals surface area (Å²) in [6.07, 6.45) is 1.46. The van der Waals surface area contributed by atoms with Gasteiger partial charge in [-0.1, -0.05) is 0 Å². The average Bonchev–Trinajstić information content (AvgIpc) is 2.75. The van der Waals surface area contributed by atoms with E-state index < -0.39 is 17.0 Å². The summed E-state index contributed by atoms with van der Waals surface area (Å²) >= 11 is 6.05. The van der Waals surface area contributed by atoms with Crippen LogP contribution in [0.25, 0.3) is 0 Å². The van der Waals surface area contributed by atoms with Crippen LogP contribution in [-0.4, -0.2) is 0 Å². The van der Waals surface area contributed by atoms with Gasteiger partial charge in [-0.3, -0.25) is 0 Å². The van der Waals surface area contributed by atoms with Gasteiger partial charge in [-0.15, -0.1) is 11.6 Å². The number of rotatable bonds is 2. The highest BCUT2D eigenvalue weighted by Crippen LogP contribution is 2.31. The highest BCUT2D eigenvalue weighted by molar-refractivity contribution is 6.22. The zero-order valence-corrected chi connectivity index (χ0v) is 9.26. The molecule has 0 bridgehead atoms. The van der Waals surface area contributed by atoms with Crippen LogP contribution in [0.4, 0.5) is 8.78 Å². The molecule has 2 aromatic rings. The highest BCUT2D eigenvalue weighted by atomic mass is 35.5. The Morgan fingerprint density at radius 3 is 2.62 bits per heavy atom. The molecule has 1 heterocycles. The van der Waals surface area contributed by atoms with Crippen molar-refractivity contribution in [1.29, 1.82) is 0 Å². The van der Waals surface area contributed by atoms with Gasteiger partial charge in [0.2, 0.25) is 0 Å². The van der Waals surface area contributed by atoms with Crippen LogP contribution in [0.1, 0.15) is 22.3 Å². The molecular formula is C12H9ClF2O. The van der Waals surface area contributed by atoms with Crippen molar-refractivity contribution in [3.8, 4) is 0 Å². The number of furan rings is 1. The monoisotopic (exact) mass is 242 g/mol. The summed E-state index contributed by atoms with van der Waals surface area (Å²) in [5.74, 6) is -0.810. The molecule has 1 aromatic carbocycles. The summed E-state index contributed by atoms with van der Waals surface area (Å²) in [5.41, 5.74) is 0.573. The highest BCUT2D eigenvalue weighted by Gasteiger charge is 2.19. The first kappa shape index (κ1) is 11.1. The quantitative estimate of drug-likeness (QED) is 0.720. The molecule has 84 valence electrons. The van der Waals surface area contributed by atoms with Crippen molar-refractivity contribution in [2.24, 2.45) is 0 Å². The molecule has 0 amide bonds. The second-order valence-electron chi connectivity index (χ2n) is 3.50. The summed E-state index contributed by atoms with van der Waals surface area (Å²) in [6, 6.07) is 5.54. The Labute approximate surface area is 96.6 Å². The lowest BCUT2D eigenvalue weighted by atomic mass is 10.1. The van der Waals surface area contributed by atoms with E-state index in [1.807, 2.05) is 0 Å². The molecule has 16 heavy (non-hydrogen) atoms. The van der Waals surface area contributed by atoms with E-state index in [9.17, 15) is 8.78 Å². The minimum atomic E-state index is -0.741. The lowest BCUT2D eigenvalue weighted by Crippen LogP contribution is -1.98. The van der Waals surface area contributed by atoms with E-state index in [2.05, 4.69) is 0 Å². The Kier molecular flexibility index (Phi) is 2.97. The summed E-state index contributed by atoms with van der Waals surface area (Å²) in [5, 5.41) is -0.741. The van der Waals surface area contributed by atoms with Gasteiger partial charge in [0.1, 0.15) is 22.8 Å². The van der Waals surface area contributed by atoms with Crippen LogP contribution < -0.4 is 0 Å². The van der Waals surface area contributed by atoms with Crippen LogP contribution in [0.15, 0.2) is 34.9 Å². The number of alkyl halides is 1. The van der Waals surface area contributed by atoms with E-state index in [1.54, 1.807) is 19.1 Å². The number of benzene rings is 1. The van der Waals surface area contributed by atoms with E-state index in [1.165, 1.54) is 12.3 Å². The molecule has 0 aliphatic carbocycles. The van der Waals surface area contributed by atoms with Crippen LogP contribution >= 0.6 is 11.6 Å². The van der Waals surface area contributed by atoms with Crippen molar-refractivity contribution in [3.63, 3.8) is 0 Å². The van der Waals surface area contributed by atoms with Gasteiger partial charge in [-0.05, 0) is 30.7 Å². The fourth-order valence-electron chi connectivity index (χ4n) is 1.46. The fraction of sp³-hybridized carbons (Fsp3) is 0.167. The predicted octanol–water partition coefficient (Wildman–Crippen LogP) is 4.19. The first-order valence-corrected chi connectivity index (χ1v) is 5.16. The Bertz CT molecular complexity index is 494. The zero-order valence-electron chi connectivity index (χ0n) is 8.51. The minimum absolute atomic E-state index is 0.218. The molecule has 0 spiro atoms. The summed E-state index contributed by atoms with van der Waals surface area (Å²) in [6.45, 7) is 1.56. The Morgan fingerprint density at radius 1 is 1.25 bits per heavy atom. The topological polar surface area (TPSA) is 13.1 Å². The SMILES string of the molecule is Cc1cc(C(Cl)c2ccco2)c(F)cc1F. The van der Waals surface area contributed by atoms with Gasteiger partial charge >= 0.3 is 0 Å². The Morgan fingerprint density at radius 2 is 2.00 bits per heavy atom. The van der Waals surface area contributed by atoms with Gasteiger partial charge in [-0.2, -0.15) is 0 Å². The molecule has 0 aliphatic rings. The summed E-state index contributed by atoms with van der Waals surface area (Å²) in [4.78, 5) is 0. The van der Waals surface area contributed by atoms with E-state index in [0.29, 0.717) is 11.3 Å². The van der Waals surface area contributed by atoms with Gasteiger partial charge in [0.15, 0.2) is 0 Å². The van der Waals surface area contributed by atoms with Crippen molar-refractivity contribution in [2.45, 2.75) is 12.3 Å². The Balaban J connectivity index is 2.44. The van der Waals surface area contributed by atoms with Gasteiger partial charge in [0, 0.05) is 11.6 Å². The standard InChI is InChI=1S/C12H9ClF2O/c1-7-5-8(10(15)6-9(7)14)12(13)11-3-2-4-16-11/h2-6,12H,1H3. The van der Waals surface area contributed by atoms with E-state index in [0.717, 1.165) is 6.07 Å². The third-order valence-electron chi connectivity index (χ3n) is 2.34. The normalized spacial score (nSPS) is 12.8. The van der Waals surface area contributed by atoms with Crippen molar-refractivity contribution >= 4 is 11.6 Å². The molecule has 1 unspecified atom stereocenters. The van der Waals surface area contributed by atoms with Crippen molar-refractivity contribution in [1.82, 2.24) is 0 Å². The number of aryl methyl sites for hydroxylation is 1. The van der Waals surface area contributed by atoms with Crippen molar-refractivity contribution in [2.75, 3.05) is 0 Å². The number of hydrogen-bond donors (Lipinski definition) is 0. The molecule has 0 radical (unpaired) electrons. The minimum Gasteiger partial charge on any atom is -0.467 e. The summed E-state index contributed by atoms with van der Waals surface area (Å²) < 4.78 is 31.6. The van der Waals surface area contributed by atoms with Gasteiger partial charge in [0.05, 0.1) is 6.26 Å². The molecular weight excluding hydrogens is 234 g/mol. The van der Waals surface area contributed by atoms with E-state index in [4.69, 9.17) is 16.0 Å². The van der Waals surface area contributed by atoms with Crippen molar-refractivity contribution < 1.29 is 13.2 Å². The molecule has 1 aromatic heterocycles. The molecule has 0 fully saturated rings. The second-order valence-corrected chi connectivity index (χ2v) is 3.94. The van der Waals surface area contributed by atoms with Gasteiger partial charge in [0.25, 0.3) is 0 Å². The molecule has 0 saturated carbocycles. The van der Waals surface area contributed by atoms with Gasteiger partial charge < -0.3 is 4.42 Å². The van der Waals surface area contributed by atoms with Crippen LogP contribution in [0.5, 0.6) is 0 Å². The maximum Gasteiger partial charge on any atom is 0.131 e. The third-order valence-corrected chi connectivity index (χ3v) is 2.79. The van der Waals surface area contributed by atoms with Gasteiger partial charge in [-0.25, -0.2) is 8.78 Å². The first-order valence-electron chi connectivity index (χ1n) is 4.72. The molecule has 1 atom stereocenters. The third kappa shape index (κ3) is 1.95. The van der Waals surface area contributed by atoms with E-state index >= 15 is 0 Å². The fourth-order valence-corrected chi connectivity index (χ4v) is 1.75. The first-order chi connectivity index (χ1) is 7.59. The maximum atomic E-state index is 13.5. The van der Waals surface area contributed by atoms with E-state index in [-0.39, 0.29) is 5.56 Å². The van der Waals surface area contributed by atoms with Crippen LogP contribution in [0.2, 0.25) is 0 Å². The largest absolute Gasteiger partial charge is 0.467 e. The van der Waals surface area contributed by atoms with Crippen molar-refractivity contribution in [3.05, 3.63) is 59.1 Å². The average molecular weight is 243 g/mol. The zero-order chi connectivity index (χ0) is 11.7. The second kappa shape index (κ2) is 4.26. The molecule has 1 nitrogen and oxygen atoms in total. The lowest BCUT2D eigenvalue weighted by molar-refractivity contribution is 0.507. The molecule has 0 N–H and O–H groups in total.